The van der Waals surface area contributed by atoms with Crippen LogP contribution in [0.2, 0.25) is 0 Å². The second-order valence-corrected chi connectivity index (χ2v) is 8.28. The van der Waals surface area contributed by atoms with Crippen molar-refractivity contribution in [1.82, 2.24) is 10.2 Å². The fraction of sp³-hybridized carbons (Fsp3) is 0.259. The third-order valence-electron chi connectivity index (χ3n) is 6.09. The number of amides is 3. The molecular formula is C27H29N3O4. The summed E-state index contributed by atoms with van der Waals surface area (Å²) >= 11 is 0. The van der Waals surface area contributed by atoms with Crippen molar-refractivity contribution in [3.63, 3.8) is 0 Å². The highest BCUT2D eigenvalue weighted by Gasteiger charge is 2.30. The lowest BCUT2D eigenvalue weighted by Crippen LogP contribution is -2.50. The first-order valence-corrected chi connectivity index (χ1v) is 11.2. The second-order valence-electron chi connectivity index (χ2n) is 8.28. The summed E-state index contributed by atoms with van der Waals surface area (Å²) in [5.74, 6) is -0.990. The fourth-order valence-electron chi connectivity index (χ4n) is 4.21. The van der Waals surface area contributed by atoms with Crippen molar-refractivity contribution in [2.45, 2.75) is 25.3 Å². The van der Waals surface area contributed by atoms with Gasteiger partial charge in [-0.3, -0.25) is 14.4 Å². The van der Waals surface area contributed by atoms with Crippen LogP contribution in [0.25, 0.3) is 10.8 Å². The van der Waals surface area contributed by atoms with Gasteiger partial charge in [-0.05, 0) is 41.3 Å². The van der Waals surface area contributed by atoms with E-state index in [0.717, 1.165) is 16.3 Å². The molecule has 1 fully saturated rings. The summed E-state index contributed by atoms with van der Waals surface area (Å²) in [6.07, 6.45) is 1.48. The number of nitrogens with zero attached hydrogens (tertiary/aromatic N) is 1. The van der Waals surface area contributed by atoms with E-state index in [2.05, 4.69) is 5.32 Å². The highest BCUT2D eigenvalue weighted by molar-refractivity contribution is 5.98. The molecule has 0 aromatic heterocycles. The fourth-order valence-corrected chi connectivity index (χ4v) is 4.21. The van der Waals surface area contributed by atoms with E-state index in [9.17, 15) is 14.4 Å². The van der Waals surface area contributed by atoms with Gasteiger partial charge < -0.3 is 20.7 Å². The number of rotatable bonds is 6. The van der Waals surface area contributed by atoms with Crippen LogP contribution in [-0.2, 0) is 20.8 Å². The first-order valence-electron chi connectivity index (χ1n) is 11.2. The van der Waals surface area contributed by atoms with Gasteiger partial charge in [0.25, 0.3) is 5.91 Å². The maximum absolute atomic E-state index is 13.0. The monoisotopic (exact) mass is 459 g/mol. The second kappa shape index (κ2) is 11.7. The number of nitrogens with two attached hydrogens (primary N) is 1. The van der Waals surface area contributed by atoms with Crippen LogP contribution in [0.15, 0.2) is 72.8 Å². The molecule has 0 bridgehead atoms. The first kappa shape index (κ1) is 24.6. The van der Waals surface area contributed by atoms with Crippen molar-refractivity contribution in [3.8, 4) is 0 Å². The molecule has 1 heterocycles. The van der Waals surface area contributed by atoms with Crippen molar-refractivity contribution >= 4 is 35.3 Å². The van der Waals surface area contributed by atoms with E-state index >= 15 is 0 Å². The van der Waals surface area contributed by atoms with Gasteiger partial charge in [0, 0.05) is 31.0 Å². The summed E-state index contributed by atoms with van der Waals surface area (Å²) in [4.78, 5) is 47.4. The Balaban J connectivity index is 0.00000158. The van der Waals surface area contributed by atoms with Crippen LogP contribution in [-0.4, -0.2) is 48.5 Å². The van der Waals surface area contributed by atoms with E-state index in [0.29, 0.717) is 37.9 Å². The molecule has 1 atom stereocenters. The Bertz CT molecular complexity index is 1140. The summed E-state index contributed by atoms with van der Waals surface area (Å²) in [6.45, 7) is 3.01. The maximum atomic E-state index is 13.0. The number of benzene rings is 3. The van der Waals surface area contributed by atoms with Crippen LogP contribution >= 0.6 is 0 Å². The van der Waals surface area contributed by atoms with Crippen LogP contribution in [0.4, 0.5) is 0 Å². The molecule has 3 N–H and O–H groups in total. The van der Waals surface area contributed by atoms with Gasteiger partial charge in [0.15, 0.2) is 0 Å². The zero-order valence-corrected chi connectivity index (χ0v) is 19.0. The standard InChI is InChI=1S/C26H27N3O3.CH2O/c27-24(30)23(16-18-6-2-1-3-7-18)28-25(31)20-12-14-29(15-13-20)26(32)22-11-10-19-8-4-5-9-21(19)17-22;1-2/h1-11,17,20,23H,12-16H2,(H2,27,30)(H,28,31);1H2. The molecule has 1 saturated heterocycles. The Hall–Kier alpha value is -4.00. The van der Waals surface area contributed by atoms with Gasteiger partial charge in [-0.25, -0.2) is 0 Å². The predicted molar refractivity (Wildman–Crippen MR) is 131 cm³/mol. The van der Waals surface area contributed by atoms with E-state index in [1.807, 2.05) is 79.6 Å². The molecule has 0 spiro atoms. The Kier molecular flexibility index (Phi) is 8.51. The molecule has 0 aliphatic carbocycles. The minimum absolute atomic E-state index is 0.0197. The minimum Gasteiger partial charge on any atom is -0.368 e. The number of nitrogens with one attached hydrogen (secondary N) is 1. The normalized spacial score (nSPS) is 14.5. The lowest BCUT2D eigenvalue weighted by molar-refractivity contribution is -0.130. The van der Waals surface area contributed by atoms with Gasteiger partial charge in [0.1, 0.15) is 12.8 Å². The molecule has 7 heteroatoms. The Morgan fingerprint density at radius 3 is 2.18 bits per heavy atom. The van der Waals surface area contributed by atoms with Gasteiger partial charge in [-0.2, -0.15) is 0 Å². The molecule has 7 nitrogen and oxygen atoms in total. The zero-order chi connectivity index (χ0) is 24.5. The molecule has 3 aromatic carbocycles. The van der Waals surface area contributed by atoms with Crippen LogP contribution in [0, 0.1) is 5.92 Å². The summed E-state index contributed by atoms with van der Waals surface area (Å²) in [5.41, 5.74) is 7.11. The largest absolute Gasteiger partial charge is 0.368 e. The quantitative estimate of drug-likeness (QED) is 0.591. The number of likely N-dealkylation sites (tertiary alicyclic amines) is 1. The smallest absolute Gasteiger partial charge is 0.253 e. The van der Waals surface area contributed by atoms with Gasteiger partial charge in [0.05, 0.1) is 0 Å². The lowest BCUT2D eigenvalue weighted by atomic mass is 9.94. The van der Waals surface area contributed by atoms with Gasteiger partial charge in [0.2, 0.25) is 11.8 Å². The molecule has 1 unspecified atom stereocenters. The van der Waals surface area contributed by atoms with Crippen molar-refractivity contribution < 1.29 is 19.2 Å². The molecule has 4 rings (SSSR count). The lowest BCUT2D eigenvalue weighted by Gasteiger charge is -2.32. The van der Waals surface area contributed by atoms with Crippen LogP contribution < -0.4 is 11.1 Å². The average molecular weight is 460 g/mol. The van der Waals surface area contributed by atoms with Crippen molar-refractivity contribution in [1.29, 1.82) is 0 Å². The van der Waals surface area contributed by atoms with Gasteiger partial charge in [-0.15, -0.1) is 0 Å². The number of carbonyl (C=O) groups is 4. The molecule has 3 aromatic rings. The van der Waals surface area contributed by atoms with Crippen LogP contribution in [0.5, 0.6) is 0 Å². The minimum atomic E-state index is -0.748. The molecule has 1 aliphatic rings. The maximum Gasteiger partial charge on any atom is 0.253 e. The van der Waals surface area contributed by atoms with E-state index in [1.165, 1.54) is 0 Å². The molecule has 176 valence electrons. The highest BCUT2D eigenvalue weighted by atomic mass is 16.2. The average Bonchev–Trinajstić information content (AvgIpc) is 2.89. The van der Waals surface area contributed by atoms with E-state index in [4.69, 9.17) is 10.5 Å². The van der Waals surface area contributed by atoms with Crippen molar-refractivity contribution in [3.05, 3.63) is 83.9 Å². The number of primary amides is 1. The summed E-state index contributed by atoms with van der Waals surface area (Å²) < 4.78 is 0. The van der Waals surface area contributed by atoms with E-state index < -0.39 is 11.9 Å². The van der Waals surface area contributed by atoms with Crippen molar-refractivity contribution in [2.75, 3.05) is 13.1 Å². The number of fused-ring (bicyclic) bond motifs is 1. The number of hydrogen-bond acceptors (Lipinski definition) is 4. The molecule has 0 saturated carbocycles. The molecule has 34 heavy (non-hydrogen) atoms. The third-order valence-corrected chi connectivity index (χ3v) is 6.09. The Labute approximate surface area is 198 Å². The Morgan fingerprint density at radius 2 is 1.53 bits per heavy atom. The number of piperidine rings is 1. The summed E-state index contributed by atoms with van der Waals surface area (Å²) in [7, 11) is 0. The van der Waals surface area contributed by atoms with Crippen molar-refractivity contribution in [2.24, 2.45) is 11.7 Å². The third kappa shape index (κ3) is 6.07. The zero-order valence-electron chi connectivity index (χ0n) is 19.0. The molecule has 3 amide bonds. The topological polar surface area (TPSA) is 110 Å². The summed E-state index contributed by atoms with van der Waals surface area (Å²) in [6, 6.07) is 22.4. The van der Waals surface area contributed by atoms with E-state index in [1.54, 1.807) is 4.90 Å². The van der Waals surface area contributed by atoms with Gasteiger partial charge in [-0.1, -0.05) is 60.7 Å². The Morgan fingerprint density at radius 1 is 0.912 bits per heavy atom. The molecular weight excluding hydrogens is 430 g/mol. The van der Waals surface area contributed by atoms with E-state index in [-0.39, 0.29) is 17.7 Å². The SMILES string of the molecule is C=O.NC(=O)C(Cc1ccccc1)NC(=O)C1CCN(C(=O)c2ccc3ccccc3c2)CC1. The highest BCUT2D eigenvalue weighted by Crippen LogP contribution is 2.22. The number of carbonyl (C=O) groups excluding carboxylic acids is 4. The van der Waals surface area contributed by atoms with Crippen LogP contribution in [0.3, 0.4) is 0 Å². The summed E-state index contributed by atoms with van der Waals surface area (Å²) in [5, 5.41) is 4.94. The number of hydrogen-bond donors (Lipinski definition) is 2. The predicted octanol–water partition coefficient (Wildman–Crippen LogP) is 2.72. The van der Waals surface area contributed by atoms with Crippen LogP contribution in [0.1, 0.15) is 28.8 Å². The van der Waals surface area contributed by atoms with Gasteiger partial charge >= 0.3 is 0 Å². The molecule has 1 aliphatic heterocycles. The molecule has 0 radical (unpaired) electrons. The first-order chi connectivity index (χ1) is 16.5.